The van der Waals surface area contributed by atoms with Crippen LogP contribution in [0.2, 0.25) is 0 Å². The van der Waals surface area contributed by atoms with E-state index < -0.39 is 0 Å². The SMILES string of the molecule is Cl.O=C(c1nc(-c2cccs2)n(-c2ccccc2)n1)N1C2CCNCC1CC2. The van der Waals surface area contributed by atoms with Gasteiger partial charge in [-0.15, -0.1) is 28.8 Å². The number of benzene rings is 1. The predicted octanol–water partition coefficient (Wildman–Crippen LogP) is 3.38. The number of thiophene rings is 1. The van der Waals surface area contributed by atoms with Gasteiger partial charge in [0.25, 0.3) is 5.91 Å². The Morgan fingerprint density at radius 2 is 1.89 bits per heavy atom. The fourth-order valence-corrected chi connectivity index (χ4v) is 4.84. The largest absolute Gasteiger partial charge is 0.329 e. The molecule has 0 radical (unpaired) electrons. The van der Waals surface area contributed by atoms with Crippen LogP contribution in [0, 0.1) is 0 Å². The molecule has 2 atom stereocenters. The summed E-state index contributed by atoms with van der Waals surface area (Å²) in [4.78, 5) is 21.1. The number of aromatic nitrogens is 3. The zero-order chi connectivity index (χ0) is 18.2. The van der Waals surface area contributed by atoms with E-state index in [1.54, 1.807) is 16.0 Å². The molecule has 2 aromatic heterocycles. The van der Waals surface area contributed by atoms with Crippen LogP contribution in [0.3, 0.4) is 0 Å². The lowest BCUT2D eigenvalue weighted by Gasteiger charge is -2.26. The van der Waals surface area contributed by atoms with Crippen molar-refractivity contribution in [2.75, 3.05) is 13.1 Å². The van der Waals surface area contributed by atoms with E-state index in [9.17, 15) is 4.79 Å². The fraction of sp³-hybridized carbons (Fsp3) is 0.350. The lowest BCUT2D eigenvalue weighted by atomic mass is 10.1. The van der Waals surface area contributed by atoms with Crippen molar-refractivity contribution in [2.45, 2.75) is 31.3 Å². The van der Waals surface area contributed by atoms with E-state index in [0.717, 1.165) is 48.7 Å². The summed E-state index contributed by atoms with van der Waals surface area (Å²) in [6.45, 7) is 1.83. The number of nitrogens with zero attached hydrogens (tertiary/aromatic N) is 4. The lowest BCUT2D eigenvalue weighted by molar-refractivity contribution is 0.0667. The number of fused-ring (bicyclic) bond motifs is 2. The van der Waals surface area contributed by atoms with E-state index in [4.69, 9.17) is 0 Å². The summed E-state index contributed by atoms with van der Waals surface area (Å²) in [5.41, 5.74) is 0.910. The first kappa shape index (κ1) is 19.1. The molecule has 1 aromatic carbocycles. The Morgan fingerprint density at radius 3 is 2.68 bits per heavy atom. The van der Waals surface area contributed by atoms with Gasteiger partial charge in [-0.2, -0.15) is 0 Å². The Morgan fingerprint density at radius 1 is 1.07 bits per heavy atom. The van der Waals surface area contributed by atoms with Crippen LogP contribution in [0.25, 0.3) is 16.4 Å². The summed E-state index contributed by atoms with van der Waals surface area (Å²) in [6.07, 6.45) is 3.13. The first-order valence-electron chi connectivity index (χ1n) is 9.41. The van der Waals surface area contributed by atoms with Crippen LogP contribution in [0.5, 0.6) is 0 Å². The number of amides is 1. The highest BCUT2D eigenvalue weighted by Gasteiger charge is 2.40. The van der Waals surface area contributed by atoms with Crippen LogP contribution in [-0.2, 0) is 0 Å². The molecule has 146 valence electrons. The Hall–Kier alpha value is -2.22. The standard InChI is InChI=1S/C20H21N5OS.ClH/c26-20(24-14-8-9-16(24)13-21-11-10-14)18-22-19(17-7-4-12-27-17)25(23-18)15-5-2-1-3-6-15;/h1-7,12,14,16,21H,8-11,13H2;1H. The van der Waals surface area contributed by atoms with Gasteiger partial charge < -0.3 is 10.2 Å². The second-order valence-corrected chi connectivity index (χ2v) is 8.02. The molecule has 1 N–H and O–H groups in total. The third kappa shape index (κ3) is 3.34. The van der Waals surface area contributed by atoms with Gasteiger partial charge in [0.15, 0.2) is 5.82 Å². The molecule has 28 heavy (non-hydrogen) atoms. The van der Waals surface area contributed by atoms with Crippen molar-refractivity contribution in [3.8, 4) is 16.4 Å². The second-order valence-electron chi connectivity index (χ2n) is 7.07. The second kappa shape index (κ2) is 8.03. The topological polar surface area (TPSA) is 63.1 Å². The van der Waals surface area contributed by atoms with Crippen LogP contribution in [0.15, 0.2) is 47.8 Å². The quantitative estimate of drug-likeness (QED) is 0.712. The predicted molar refractivity (Wildman–Crippen MR) is 112 cm³/mol. The summed E-state index contributed by atoms with van der Waals surface area (Å²) in [6, 6.07) is 14.4. The van der Waals surface area contributed by atoms with Crippen molar-refractivity contribution in [1.29, 1.82) is 0 Å². The molecular weight excluding hydrogens is 394 g/mol. The molecule has 2 fully saturated rings. The molecule has 6 nitrogen and oxygen atoms in total. The molecule has 0 spiro atoms. The molecular formula is C20H22ClN5OS. The number of nitrogens with one attached hydrogen (secondary N) is 1. The summed E-state index contributed by atoms with van der Waals surface area (Å²) in [5, 5.41) is 10.1. The average molecular weight is 416 g/mol. The summed E-state index contributed by atoms with van der Waals surface area (Å²) >= 11 is 1.60. The van der Waals surface area contributed by atoms with Crippen molar-refractivity contribution in [3.63, 3.8) is 0 Å². The maximum Gasteiger partial charge on any atom is 0.294 e. The lowest BCUT2D eigenvalue weighted by Crippen LogP contribution is -2.43. The summed E-state index contributed by atoms with van der Waals surface area (Å²) in [7, 11) is 0. The molecule has 2 saturated heterocycles. The van der Waals surface area contributed by atoms with Crippen molar-refractivity contribution in [3.05, 3.63) is 53.7 Å². The molecule has 8 heteroatoms. The smallest absolute Gasteiger partial charge is 0.294 e. The highest BCUT2D eigenvalue weighted by molar-refractivity contribution is 7.13. The van der Waals surface area contributed by atoms with E-state index in [0.29, 0.717) is 11.9 Å². The van der Waals surface area contributed by atoms with Gasteiger partial charge in [0, 0.05) is 18.6 Å². The number of hydrogen-bond acceptors (Lipinski definition) is 5. The number of carbonyl (C=O) groups excluding carboxylic acids is 1. The zero-order valence-corrected chi connectivity index (χ0v) is 17.0. The van der Waals surface area contributed by atoms with E-state index in [2.05, 4.69) is 15.4 Å². The first-order valence-corrected chi connectivity index (χ1v) is 10.3. The molecule has 1 amide bonds. The van der Waals surface area contributed by atoms with Crippen molar-refractivity contribution >= 4 is 29.7 Å². The number of rotatable bonds is 3. The highest BCUT2D eigenvalue weighted by atomic mass is 35.5. The summed E-state index contributed by atoms with van der Waals surface area (Å²) in [5.74, 6) is 0.972. The Labute approximate surface area is 174 Å². The number of hydrogen-bond donors (Lipinski definition) is 1. The van der Waals surface area contributed by atoms with Crippen LogP contribution in [0.1, 0.15) is 29.9 Å². The molecule has 4 heterocycles. The zero-order valence-electron chi connectivity index (χ0n) is 15.3. The van der Waals surface area contributed by atoms with E-state index >= 15 is 0 Å². The molecule has 5 rings (SSSR count). The van der Waals surface area contributed by atoms with Gasteiger partial charge in [0.1, 0.15) is 0 Å². The van der Waals surface area contributed by atoms with Crippen molar-refractivity contribution < 1.29 is 4.79 Å². The Bertz CT molecular complexity index is 929. The van der Waals surface area contributed by atoms with Gasteiger partial charge in [-0.25, -0.2) is 9.67 Å². The minimum Gasteiger partial charge on any atom is -0.329 e. The van der Waals surface area contributed by atoms with Crippen LogP contribution < -0.4 is 5.32 Å². The first-order chi connectivity index (χ1) is 13.3. The monoisotopic (exact) mass is 415 g/mol. The average Bonchev–Trinajstić information content (AvgIpc) is 3.39. The van der Waals surface area contributed by atoms with Crippen molar-refractivity contribution in [2.24, 2.45) is 0 Å². The Balaban J connectivity index is 0.00000192. The Kier molecular flexibility index (Phi) is 5.48. The maximum atomic E-state index is 13.3. The summed E-state index contributed by atoms with van der Waals surface area (Å²) < 4.78 is 1.79. The number of halogens is 1. The van der Waals surface area contributed by atoms with Gasteiger partial charge in [0.05, 0.1) is 10.6 Å². The van der Waals surface area contributed by atoms with Crippen LogP contribution in [-0.4, -0.2) is 50.7 Å². The van der Waals surface area contributed by atoms with Gasteiger partial charge in [-0.05, 0) is 49.4 Å². The van der Waals surface area contributed by atoms with Gasteiger partial charge in [0.2, 0.25) is 5.82 Å². The van der Waals surface area contributed by atoms with E-state index in [1.165, 1.54) is 0 Å². The molecule has 3 aromatic rings. The molecule has 2 aliphatic heterocycles. The molecule has 2 aliphatic rings. The van der Waals surface area contributed by atoms with Gasteiger partial charge >= 0.3 is 0 Å². The third-order valence-electron chi connectivity index (χ3n) is 5.43. The number of para-hydroxylation sites is 1. The molecule has 0 saturated carbocycles. The van der Waals surface area contributed by atoms with Crippen LogP contribution >= 0.6 is 23.7 Å². The van der Waals surface area contributed by atoms with Gasteiger partial charge in [-0.1, -0.05) is 24.3 Å². The minimum atomic E-state index is -0.0429. The van der Waals surface area contributed by atoms with E-state index in [1.807, 2.05) is 52.7 Å². The third-order valence-corrected chi connectivity index (χ3v) is 6.30. The fourth-order valence-electron chi connectivity index (χ4n) is 4.15. The normalized spacial score (nSPS) is 21.2. The van der Waals surface area contributed by atoms with Crippen LogP contribution in [0.4, 0.5) is 0 Å². The van der Waals surface area contributed by atoms with Crippen molar-refractivity contribution in [1.82, 2.24) is 25.0 Å². The maximum absolute atomic E-state index is 13.3. The molecule has 2 bridgehead atoms. The molecule has 2 unspecified atom stereocenters. The number of carbonyl (C=O) groups is 1. The molecule has 0 aliphatic carbocycles. The minimum absolute atomic E-state index is 0. The van der Waals surface area contributed by atoms with E-state index in [-0.39, 0.29) is 24.4 Å². The highest BCUT2D eigenvalue weighted by Crippen LogP contribution is 2.30. The van der Waals surface area contributed by atoms with Gasteiger partial charge in [-0.3, -0.25) is 4.79 Å².